The number of thiophene rings is 1. The Morgan fingerprint density at radius 1 is 1.38 bits per heavy atom. The van der Waals surface area contributed by atoms with Crippen molar-refractivity contribution in [1.29, 1.82) is 0 Å². The quantitative estimate of drug-likeness (QED) is 0.657. The monoisotopic (exact) mass is 339 g/mol. The molecule has 0 atom stereocenters. The smallest absolute Gasteiger partial charge is 0.237 e. The predicted octanol–water partition coefficient (Wildman–Crippen LogP) is 3.76. The molecule has 3 rings (SSSR count). The van der Waals surface area contributed by atoms with Crippen molar-refractivity contribution in [2.75, 3.05) is 11.9 Å². The molecule has 0 amide bonds. The Kier molecular flexibility index (Phi) is 4.84. The van der Waals surface area contributed by atoms with Crippen molar-refractivity contribution in [3.8, 4) is 11.4 Å². The van der Waals surface area contributed by atoms with Crippen molar-refractivity contribution in [3.05, 3.63) is 22.7 Å². The van der Waals surface area contributed by atoms with Crippen molar-refractivity contribution in [2.24, 2.45) is 0 Å². The van der Waals surface area contributed by atoms with Crippen LogP contribution in [0.1, 0.15) is 19.2 Å². The topological polar surface area (TPSA) is 76.7 Å². The van der Waals surface area contributed by atoms with Crippen molar-refractivity contribution in [1.82, 2.24) is 20.3 Å². The molecule has 110 valence electrons. The fourth-order valence-corrected chi connectivity index (χ4v) is 3.77. The van der Waals surface area contributed by atoms with Crippen molar-refractivity contribution >= 4 is 39.6 Å². The van der Waals surface area contributed by atoms with Gasteiger partial charge in [-0.25, -0.2) is 0 Å². The third-order valence-corrected chi connectivity index (χ3v) is 5.18. The number of thioether (sulfide) groups is 1. The molecule has 0 saturated carbocycles. The average Bonchev–Trinajstić information content (AvgIpc) is 3.22. The highest BCUT2D eigenvalue weighted by Crippen LogP contribution is 2.28. The highest BCUT2D eigenvalue weighted by atomic mass is 32.2. The van der Waals surface area contributed by atoms with E-state index in [2.05, 4.69) is 32.6 Å². The fraction of sp³-hybridized carbons (Fsp3) is 0.333. The molecule has 0 bridgehead atoms. The first kappa shape index (κ1) is 14.5. The minimum atomic E-state index is 0.597. The van der Waals surface area contributed by atoms with E-state index in [9.17, 15) is 0 Å². The van der Waals surface area contributed by atoms with Crippen molar-refractivity contribution in [3.63, 3.8) is 0 Å². The van der Waals surface area contributed by atoms with Crippen LogP contribution in [0.4, 0.5) is 5.13 Å². The van der Waals surface area contributed by atoms with Gasteiger partial charge in [-0.1, -0.05) is 35.2 Å². The largest absolute Gasteiger partial charge is 0.360 e. The highest BCUT2D eigenvalue weighted by molar-refractivity contribution is 8.00. The van der Waals surface area contributed by atoms with E-state index in [0.717, 1.165) is 28.0 Å². The Bertz CT molecular complexity index is 679. The van der Waals surface area contributed by atoms with Crippen molar-refractivity contribution < 1.29 is 4.52 Å². The van der Waals surface area contributed by atoms with E-state index in [4.69, 9.17) is 4.52 Å². The van der Waals surface area contributed by atoms with Crippen LogP contribution in [0, 0.1) is 0 Å². The van der Waals surface area contributed by atoms with E-state index in [1.54, 1.807) is 23.1 Å². The van der Waals surface area contributed by atoms with Gasteiger partial charge in [0.2, 0.25) is 16.8 Å². The zero-order chi connectivity index (χ0) is 14.5. The zero-order valence-corrected chi connectivity index (χ0v) is 13.7. The summed E-state index contributed by atoms with van der Waals surface area (Å²) >= 11 is 4.70. The van der Waals surface area contributed by atoms with Crippen LogP contribution in [0.3, 0.4) is 0 Å². The van der Waals surface area contributed by atoms with Gasteiger partial charge < -0.3 is 9.84 Å². The Morgan fingerprint density at radius 2 is 2.33 bits per heavy atom. The summed E-state index contributed by atoms with van der Waals surface area (Å²) in [5.41, 5.74) is 0.988. The molecule has 3 heterocycles. The van der Waals surface area contributed by atoms with Crippen LogP contribution >= 0.6 is 34.4 Å². The average molecular weight is 339 g/mol. The maximum absolute atomic E-state index is 5.25. The van der Waals surface area contributed by atoms with E-state index in [1.807, 2.05) is 16.8 Å². The first-order valence-electron chi connectivity index (χ1n) is 6.40. The van der Waals surface area contributed by atoms with Gasteiger partial charge in [0.15, 0.2) is 4.34 Å². The summed E-state index contributed by atoms with van der Waals surface area (Å²) in [4.78, 5) is 4.37. The van der Waals surface area contributed by atoms with Gasteiger partial charge in [0.1, 0.15) is 0 Å². The molecule has 0 aromatic carbocycles. The summed E-state index contributed by atoms with van der Waals surface area (Å²) in [7, 11) is 0. The lowest BCUT2D eigenvalue weighted by molar-refractivity contribution is 0.391. The van der Waals surface area contributed by atoms with Gasteiger partial charge in [0.05, 0.1) is 5.75 Å². The first-order chi connectivity index (χ1) is 10.3. The van der Waals surface area contributed by atoms with E-state index in [1.165, 1.54) is 11.3 Å². The van der Waals surface area contributed by atoms with E-state index in [0.29, 0.717) is 17.5 Å². The van der Waals surface area contributed by atoms with Crippen LogP contribution in [0.5, 0.6) is 0 Å². The summed E-state index contributed by atoms with van der Waals surface area (Å²) in [5.74, 6) is 1.83. The van der Waals surface area contributed by atoms with Crippen molar-refractivity contribution in [2.45, 2.75) is 23.4 Å². The molecule has 9 heteroatoms. The molecule has 0 spiro atoms. The Labute approximate surface area is 134 Å². The lowest BCUT2D eigenvalue weighted by atomic mass is 10.3. The Morgan fingerprint density at radius 3 is 3.14 bits per heavy atom. The number of aromatic nitrogens is 4. The summed E-state index contributed by atoms with van der Waals surface area (Å²) in [6, 6.07) is 1.98. The van der Waals surface area contributed by atoms with Crippen LogP contribution in [-0.4, -0.2) is 26.9 Å². The highest BCUT2D eigenvalue weighted by Gasteiger charge is 2.11. The molecule has 0 aliphatic carbocycles. The minimum absolute atomic E-state index is 0.597. The second-order valence-electron chi connectivity index (χ2n) is 4.11. The van der Waals surface area contributed by atoms with Crippen LogP contribution in [0.25, 0.3) is 11.4 Å². The molecule has 0 aliphatic rings. The predicted molar refractivity (Wildman–Crippen MR) is 85.9 cm³/mol. The molecule has 0 saturated heterocycles. The lowest BCUT2D eigenvalue weighted by Gasteiger charge is -1.95. The summed E-state index contributed by atoms with van der Waals surface area (Å²) < 4.78 is 6.14. The van der Waals surface area contributed by atoms with E-state index >= 15 is 0 Å². The summed E-state index contributed by atoms with van der Waals surface area (Å²) in [6.45, 7) is 3.03. The molecule has 0 aliphatic heterocycles. The van der Waals surface area contributed by atoms with E-state index < -0.39 is 0 Å². The second-order valence-corrected chi connectivity index (χ2v) is 7.09. The van der Waals surface area contributed by atoms with Gasteiger partial charge in [-0.15, -0.1) is 10.2 Å². The molecule has 0 radical (unpaired) electrons. The van der Waals surface area contributed by atoms with Crippen LogP contribution in [0.2, 0.25) is 0 Å². The lowest BCUT2D eigenvalue weighted by Crippen LogP contribution is -1.98. The van der Waals surface area contributed by atoms with Crippen LogP contribution < -0.4 is 5.32 Å². The summed E-state index contributed by atoms with van der Waals surface area (Å²) in [6.07, 6.45) is 1.06. The van der Waals surface area contributed by atoms with E-state index in [-0.39, 0.29) is 0 Å². The number of hydrogen-bond donors (Lipinski definition) is 1. The Hall–Kier alpha value is -1.45. The number of nitrogens with one attached hydrogen (secondary N) is 1. The molecular formula is C12H13N5OS3. The molecule has 0 fully saturated rings. The normalized spacial score (nSPS) is 10.9. The minimum Gasteiger partial charge on any atom is -0.360 e. The first-order valence-corrected chi connectivity index (χ1v) is 9.15. The summed E-state index contributed by atoms with van der Waals surface area (Å²) in [5, 5.41) is 20.2. The molecular weight excluding hydrogens is 326 g/mol. The van der Waals surface area contributed by atoms with Crippen LogP contribution in [0.15, 0.2) is 25.7 Å². The third-order valence-electron chi connectivity index (χ3n) is 2.50. The third kappa shape index (κ3) is 3.80. The molecule has 0 unspecified atom stereocenters. The number of nitrogens with zero attached hydrogens (tertiary/aromatic N) is 4. The SMILES string of the molecule is CCCNc1nnc(SCc2nc(-c3ccsc3)no2)s1. The maximum Gasteiger partial charge on any atom is 0.237 e. The number of anilines is 1. The molecule has 3 aromatic rings. The molecule has 3 aromatic heterocycles. The van der Waals surface area contributed by atoms with Gasteiger partial charge in [-0.05, 0) is 17.9 Å². The maximum atomic E-state index is 5.25. The standard InChI is InChI=1S/C12H13N5OS3/c1-2-4-13-11-15-16-12(21-11)20-7-9-14-10(17-18-9)8-3-5-19-6-8/h3,5-6H,2,4,7H2,1H3,(H,13,15). The number of rotatable bonds is 7. The fourth-order valence-electron chi connectivity index (χ4n) is 1.52. The number of hydrogen-bond acceptors (Lipinski definition) is 9. The van der Waals surface area contributed by atoms with Gasteiger partial charge in [0, 0.05) is 17.5 Å². The van der Waals surface area contributed by atoms with Gasteiger partial charge in [0.25, 0.3) is 0 Å². The van der Waals surface area contributed by atoms with Gasteiger partial charge >= 0.3 is 0 Å². The molecule has 6 nitrogen and oxygen atoms in total. The van der Waals surface area contributed by atoms with Gasteiger partial charge in [-0.2, -0.15) is 16.3 Å². The Balaban J connectivity index is 1.56. The van der Waals surface area contributed by atoms with Gasteiger partial charge in [-0.3, -0.25) is 0 Å². The molecule has 1 N–H and O–H groups in total. The zero-order valence-electron chi connectivity index (χ0n) is 11.3. The second kappa shape index (κ2) is 7.01. The molecule has 21 heavy (non-hydrogen) atoms. The van der Waals surface area contributed by atoms with Crippen LogP contribution in [-0.2, 0) is 5.75 Å².